The van der Waals surface area contributed by atoms with Crippen molar-refractivity contribution in [3.05, 3.63) is 0 Å². The number of aldehydes is 1. The minimum atomic E-state index is -0.650. The first kappa shape index (κ1) is 11.0. The summed E-state index contributed by atoms with van der Waals surface area (Å²) in [5.74, 6) is 0. The van der Waals surface area contributed by atoms with Gasteiger partial charge in [-0.3, -0.25) is 0 Å². The van der Waals surface area contributed by atoms with E-state index in [4.69, 9.17) is 4.74 Å². The Morgan fingerprint density at radius 3 is 2.29 bits per heavy atom. The van der Waals surface area contributed by atoms with Crippen LogP contribution < -0.4 is 5.32 Å². The van der Waals surface area contributed by atoms with Crippen LogP contribution in [0.3, 0.4) is 0 Å². The lowest BCUT2D eigenvalue weighted by Crippen LogP contribution is -2.55. The first-order valence-corrected chi connectivity index (χ1v) is 4.84. The SMILES string of the molecule is CC(C)(C)OC(=O)NC1(C=O)CCC1. The number of nitrogens with one attached hydrogen (secondary N) is 1. The molecule has 4 nitrogen and oxygen atoms in total. The third-order valence-electron chi connectivity index (χ3n) is 2.22. The van der Waals surface area contributed by atoms with E-state index in [2.05, 4.69) is 5.32 Å². The molecule has 0 aromatic heterocycles. The molecule has 1 fully saturated rings. The van der Waals surface area contributed by atoms with Gasteiger partial charge in [-0.1, -0.05) is 0 Å². The number of amides is 1. The van der Waals surface area contributed by atoms with Gasteiger partial charge in [0.2, 0.25) is 0 Å². The largest absolute Gasteiger partial charge is 0.444 e. The van der Waals surface area contributed by atoms with Crippen LogP contribution in [0.4, 0.5) is 4.79 Å². The normalized spacial score (nSPS) is 19.4. The van der Waals surface area contributed by atoms with Gasteiger partial charge in [-0.15, -0.1) is 0 Å². The fourth-order valence-electron chi connectivity index (χ4n) is 1.34. The minimum Gasteiger partial charge on any atom is -0.444 e. The molecule has 0 aliphatic heterocycles. The maximum absolute atomic E-state index is 11.3. The molecule has 0 spiro atoms. The molecule has 14 heavy (non-hydrogen) atoms. The van der Waals surface area contributed by atoms with Crippen LogP contribution in [-0.2, 0) is 9.53 Å². The van der Waals surface area contributed by atoms with Gasteiger partial charge in [0, 0.05) is 0 Å². The molecule has 1 aliphatic carbocycles. The van der Waals surface area contributed by atoms with E-state index in [1.807, 2.05) is 0 Å². The van der Waals surface area contributed by atoms with Crippen molar-refractivity contribution >= 4 is 12.4 Å². The predicted octanol–water partition coefficient (Wildman–Crippen LogP) is 1.63. The van der Waals surface area contributed by atoms with Gasteiger partial charge in [-0.25, -0.2) is 4.79 Å². The fraction of sp³-hybridized carbons (Fsp3) is 0.800. The van der Waals surface area contributed by atoms with Crippen molar-refractivity contribution in [2.45, 2.75) is 51.2 Å². The van der Waals surface area contributed by atoms with Gasteiger partial charge in [0.25, 0.3) is 0 Å². The van der Waals surface area contributed by atoms with Crippen LogP contribution >= 0.6 is 0 Å². The van der Waals surface area contributed by atoms with E-state index in [1.165, 1.54) is 0 Å². The summed E-state index contributed by atoms with van der Waals surface area (Å²) >= 11 is 0. The standard InChI is InChI=1S/C10H17NO3/c1-9(2,3)14-8(13)11-10(7-12)5-4-6-10/h7H,4-6H2,1-3H3,(H,11,13). The zero-order valence-electron chi connectivity index (χ0n) is 8.92. The molecule has 1 aliphatic rings. The van der Waals surface area contributed by atoms with E-state index in [9.17, 15) is 9.59 Å². The quantitative estimate of drug-likeness (QED) is 0.688. The lowest BCUT2D eigenvalue weighted by Gasteiger charge is -2.37. The highest BCUT2D eigenvalue weighted by molar-refractivity contribution is 5.77. The van der Waals surface area contributed by atoms with Crippen LogP contribution in [0.25, 0.3) is 0 Å². The molecule has 80 valence electrons. The van der Waals surface area contributed by atoms with Crippen molar-refractivity contribution in [3.63, 3.8) is 0 Å². The molecule has 1 N–H and O–H groups in total. The number of hydrogen-bond donors (Lipinski definition) is 1. The molecular formula is C10H17NO3. The summed E-state index contributed by atoms with van der Waals surface area (Å²) in [5.41, 5.74) is -1.17. The van der Waals surface area contributed by atoms with Crippen molar-refractivity contribution in [2.24, 2.45) is 0 Å². The van der Waals surface area contributed by atoms with Crippen LogP contribution in [-0.4, -0.2) is 23.5 Å². The molecular weight excluding hydrogens is 182 g/mol. The van der Waals surface area contributed by atoms with Gasteiger partial charge in [-0.2, -0.15) is 0 Å². The molecule has 0 atom stereocenters. The Balaban J connectivity index is 2.44. The first-order chi connectivity index (χ1) is 6.37. The minimum absolute atomic E-state index is 0.510. The van der Waals surface area contributed by atoms with Crippen LogP contribution in [0.5, 0.6) is 0 Å². The average molecular weight is 199 g/mol. The second-order valence-corrected chi connectivity index (χ2v) is 4.75. The number of carbonyl (C=O) groups is 2. The molecule has 1 rings (SSSR count). The average Bonchev–Trinajstić information content (AvgIpc) is 1.93. The molecule has 0 heterocycles. The summed E-state index contributed by atoms with van der Waals surface area (Å²) in [6, 6.07) is 0. The zero-order valence-corrected chi connectivity index (χ0v) is 8.92. The number of hydrogen-bond acceptors (Lipinski definition) is 3. The summed E-state index contributed by atoms with van der Waals surface area (Å²) < 4.78 is 5.06. The Hall–Kier alpha value is -1.06. The molecule has 0 saturated heterocycles. The van der Waals surface area contributed by atoms with Gasteiger partial charge in [-0.05, 0) is 40.0 Å². The van der Waals surface area contributed by atoms with Crippen LogP contribution in [0.1, 0.15) is 40.0 Å². The molecule has 0 aromatic carbocycles. The molecule has 1 saturated carbocycles. The second-order valence-electron chi connectivity index (χ2n) is 4.75. The highest BCUT2D eigenvalue weighted by Crippen LogP contribution is 2.29. The summed E-state index contributed by atoms with van der Waals surface area (Å²) in [5, 5.41) is 2.61. The molecule has 0 aromatic rings. The Kier molecular flexibility index (Phi) is 2.83. The summed E-state index contributed by atoms with van der Waals surface area (Å²) in [4.78, 5) is 22.1. The molecule has 0 radical (unpaired) electrons. The number of alkyl carbamates (subject to hydrolysis) is 1. The van der Waals surface area contributed by atoms with E-state index in [-0.39, 0.29) is 0 Å². The molecule has 0 bridgehead atoms. The Morgan fingerprint density at radius 1 is 1.43 bits per heavy atom. The van der Waals surface area contributed by atoms with Crippen molar-refractivity contribution in [2.75, 3.05) is 0 Å². The van der Waals surface area contributed by atoms with Crippen LogP contribution in [0.15, 0.2) is 0 Å². The Bertz CT molecular complexity index is 238. The number of carbonyl (C=O) groups excluding carboxylic acids is 2. The summed E-state index contributed by atoms with van der Waals surface area (Å²) in [7, 11) is 0. The van der Waals surface area contributed by atoms with Gasteiger partial charge in [0.1, 0.15) is 11.9 Å². The highest BCUT2D eigenvalue weighted by Gasteiger charge is 2.39. The van der Waals surface area contributed by atoms with Crippen molar-refractivity contribution in [3.8, 4) is 0 Å². The van der Waals surface area contributed by atoms with E-state index in [0.717, 1.165) is 25.5 Å². The molecule has 4 heteroatoms. The van der Waals surface area contributed by atoms with E-state index < -0.39 is 17.2 Å². The van der Waals surface area contributed by atoms with E-state index in [1.54, 1.807) is 20.8 Å². The molecule has 1 amide bonds. The maximum Gasteiger partial charge on any atom is 0.408 e. The third-order valence-corrected chi connectivity index (χ3v) is 2.22. The second kappa shape index (κ2) is 3.59. The maximum atomic E-state index is 11.3. The number of rotatable bonds is 2. The Labute approximate surface area is 84.0 Å². The van der Waals surface area contributed by atoms with E-state index in [0.29, 0.717) is 0 Å². The van der Waals surface area contributed by atoms with Crippen molar-refractivity contribution in [1.29, 1.82) is 0 Å². The van der Waals surface area contributed by atoms with Gasteiger partial charge >= 0.3 is 6.09 Å². The van der Waals surface area contributed by atoms with Gasteiger partial charge in [0.05, 0.1) is 5.54 Å². The van der Waals surface area contributed by atoms with Crippen molar-refractivity contribution in [1.82, 2.24) is 5.32 Å². The van der Waals surface area contributed by atoms with Crippen molar-refractivity contribution < 1.29 is 14.3 Å². The third kappa shape index (κ3) is 2.72. The Morgan fingerprint density at radius 2 is 2.00 bits per heavy atom. The van der Waals surface area contributed by atoms with Crippen LogP contribution in [0, 0.1) is 0 Å². The lowest BCUT2D eigenvalue weighted by atomic mass is 9.78. The fourth-order valence-corrected chi connectivity index (χ4v) is 1.34. The van der Waals surface area contributed by atoms with Gasteiger partial charge in [0.15, 0.2) is 0 Å². The van der Waals surface area contributed by atoms with Gasteiger partial charge < -0.3 is 14.8 Å². The summed E-state index contributed by atoms with van der Waals surface area (Å²) in [6.07, 6.45) is 2.71. The zero-order chi connectivity index (χ0) is 10.8. The topological polar surface area (TPSA) is 55.4 Å². The highest BCUT2D eigenvalue weighted by atomic mass is 16.6. The smallest absolute Gasteiger partial charge is 0.408 e. The monoisotopic (exact) mass is 199 g/mol. The predicted molar refractivity (Wildman–Crippen MR) is 52.0 cm³/mol. The summed E-state index contributed by atoms with van der Waals surface area (Å²) in [6.45, 7) is 5.38. The number of ether oxygens (including phenoxy) is 1. The first-order valence-electron chi connectivity index (χ1n) is 4.84. The van der Waals surface area contributed by atoms with Crippen LogP contribution in [0.2, 0.25) is 0 Å². The lowest BCUT2D eigenvalue weighted by molar-refractivity contribution is -0.116. The van der Waals surface area contributed by atoms with E-state index >= 15 is 0 Å². The molecule has 0 unspecified atom stereocenters.